The number of carbonyl (C=O) groups excluding carboxylic acids is 1. The van der Waals surface area contributed by atoms with Crippen LogP contribution < -0.4 is 0 Å². The lowest BCUT2D eigenvalue weighted by Gasteiger charge is -2.23. The fourth-order valence-electron chi connectivity index (χ4n) is 1.87. The zero-order valence-corrected chi connectivity index (χ0v) is 11.7. The van der Waals surface area contributed by atoms with E-state index in [1.54, 1.807) is 0 Å². The van der Waals surface area contributed by atoms with Crippen molar-refractivity contribution in [2.75, 3.05) is 7.05 Å². The van der Waals surface area contributed by atoms with Gasteiger partial charge in [0.15, 0.2) is 0 Å². The van der Waals surface area contributed by atoms with E-state index < -0.39 is 0 Å². The second-order valence-corrected chi connectivity index (χ2v) is 4.71. The van der Waals surface area contributed by atoms with Crippen LogP contribution in [0.4, 0.5) is 0 Å². The van der Waals surface area contributed by atoms with Gasteiger partial charge in [-0.05, 0) is 27.2 Å². The van der Waals surface area contributed by atoms with Crippen LogP contribution in [0.2, 0.25) is 0 Å². The number of nitrogens with zero attached hydrogens (tertiary/aromatic N) is 3. The molecule has 1 atom stereocenters. The molecule has 1 amide bonds. The summed E-state index contributed by atoms with van der Waals surface area (Å²) in [5.74, 6) is 0.165. The summed E-state index contributed by atoms with van der Waals surface area (Å²) in [5.41, 5.74) is 3.09. The van der Waals surface area contributed by atoms with Crippen LogP contribution in [-0.4, -0.2) is 33.7 Å². The van der Waals surface area contributed by atoms with Gasteiger partial charge in [0, 0.05) is 31.4 Å². The quantitative estimate of drug-likeness (QED) is 0.801. The van der Waals surface area contributed by atoms with Crippen molar-refractivity contribution in [1.29, 1.82) is 0 Å². The van der Waals surface area contributed by atoms with Gasteiger partial charge in [-0.2, -0.15) is 5.10 Å². The molecule has 0 aliphatic carbocycles. The molecule has 1 heterocycles. The molecule has 1 aromatic heterocycles. The third kappa shape index (κ3) is 2.87. The molecule has 0 aromatic carbocycles. The van der Waals surface area contributed by atoms with Crippen molar-refractivity contribution >= 4 is 5.91 Å². The molecule has 96 valence electrons. The Labute approximate surface area is 104 Å². The maximum atomic E-state index is 12.1. The number of aryl methyl sites for hydroxylation is 2. The van der Waals surface area contributed by atoms with E-state index in [2.05, 4.69) is 18.9 Å². The minimum atomic E-state index is 0.165. The van der Waals surface area contributed by atoms with E-state index in [0.29, 0.717) is 12.5 Å². The van der Waals surface area contributed by atoms with E-state index in [-0.39, 0.29) is 5.91 Å². The van der Waals surface area contributed by atoms with Crippen molar-refractivity contribution in [1.82, 2.24) is 14.7 Å². The lowest BCUT2D eigenvalue weighted by atomic mass is 10.1. The SMILES string of the molecule is CCC(C)N(C)C(=O)Cc1c(C)nn(C)c1C. The van der Waals surface area contributed by atoms with Gasteiger partial charge in [0.05, 0.1) is 12.1 Å². The van der Waals surface area contributed by atoms with Gasteiger partial charge in [-0.25, -0.2) is 0 Å². The molecule has 0 spiro atoms. The van der Waals surface area contributed by atoms with Crippen molar-refractivity contribution in [3.63, 3.8) is 0 Å². The van der Waals surface area contributed by atoms with Gasteiger partial charge in [-0.1, -0.05) is 6.92 Å². The molecule has 17 heavy (non-hydrogen) atoms. The average molecular weight is 237 g/mol. The maximum absolute atomic E-state index is 12.1. The standard InChI is InChI=1S/C13H23N3O/c1-7-9(2)15(5)13(17)8-12-10(3)14-16(6)11(12)4/h9H,7-8H2,1-6H3. The van der Waals surface area contributed by atoms with Crippen molar-refractivity contribution in [2.45, 2.75) is 46.6 Å². The molecule has 0 saturated heterocycles. The Kier molecular flexibility index (Phi) is 4.32. The highest BCUT2D eigenvalue weighted by atomic mass is 16.2. The van der Waals surface area contributed by atoms with Crippen LogP contribution in [0.3, 0.4) is 0 Å². The number of hydrogen-bond acceptors (Lipinski definition) is 2. The summed E-state index contributed by atoms with van der Waals surface area (Å²) in [6.07, 6.45) is 1.43. The number of amides is 1. The fraction of sp³-hybridized carbons (Fsp3) is 0.692. The summed E-state index contributed by atoms with van der Waals surface area (Å²) >= 11 is 0. The lowest BCUT2D eigenvalue weighted by Crippen LogP contribution is -2.35. The first-order chi connectivity index (χ1) is 7.88. The second-order valence-electron chi connectivity index (χ2n) is 4.71. The Hall–Kier alpha value is -1.32. The minimum absolute atomic E-state index is 0.165. The van der Waals surface area contributed by atoms with Crippen molar-refractivity contribution in [3.8, 4) is 0 Å². The summed E-state index contributed by atoms with van der Waals surface area (Å²) in [6.45, 7) is 8.13. The van der Waals surface area contributed by atoms with E-state index in [0.717, 1.165) is 23.4 Å². The van der Waals surface area contributed by atoms with Gasteiger partial charge >= 0.3 is 0 Å². The first kappa shape index (κ1) is 13.7. The summed E-state index contributed by atoms with van der Waals surface area (Å²) in [7, 11) is 3.78. The van der Waals surface area contributed by atoms with Crippen LogP contribution in [-0.2, 0) is 18.3 Å². The molecule has 0 N–H and O–H groups in total. The first-order valence-electron chi connectivity index (χ1n) is 6.13. The highest BCUT2D eigenvalue weighted by Gasteiger charge is 2.18. The van der Waals surface area contributed by atoms with E-state index in [4.69, 9.17) is 0 Å². The topological polar surface area (TPSA) is 38.1 Å². The molecule has 0 bridgehead atoms. The van der Waals surface area contributed by atoms with Crippen LogP contribution in [0.5, 0.6) is 0 Å². The molecular weight excluding hydrogens is 214 g/mol. The number of aromatic nitrogens is 2. The van der Waals surface area contributed by atoms with Crippen molar-refractivity contribution < 1.29 is 4.79 Å². The predicted octanol–water partition coefficient (Wildman–Crippen LogP) is 1.84. The largest absolute Gasteiger partial charge is 0.343 e. The van der Waals surface area contributed by atoms with Gasteiger partial charge in [0.2, 0.25) is 5.91 Å². The smallest absolute Gasteiger partial charge is 0.227 e. The van der Waals surface area contributed by atoms with Gasteiger partial charge in [-0.15, -0.1) is 0 Å². The minimum Gasteiger partial charge on any atom is -0.343 e. The normalized spacial score (nSPS) is 12.6. The summed E-state index contributed by atoms with van der Waals surface area (Å²) in [5, 5.41) is 4.33. The Morgan fingerprint density at radius 2 is 2.06 bits per heavy atom. The van der Waals surface area contributed by atoms with Crippen LogP contribution in [0.15, 0.2) is 0 Å². The molecule has 0 aliphatic heterocycles. The van der Waals surface area contributed by atoms with E-state index in [1.807, 2.05) is 37.5 Å². The number of carbonyl (C=O) groups is 1. The summed E-state index contributed by atoms with van der Waals surface area (Å²) in [6, 6.07) is 0.291. The number of hydrogen-bond donors (Lipinski definition) is 0. The van der Waals surface area contributed by atoms with Crippen LogP contribution in [0.1, 0.15) is 37.2 Å². The van der Waals surface area contributed by atoms with Crippen LogP contribution in [0, 0.1) is 13.8 Å². The molecular formula is C13H23N3O. The van der Waals surface area contributed by atoms with Gasteiger partial charge in [0.25, 0.3) is 0 Å². The molecule has 0 radical (unpaired) electrons. The molecule has 4 heteroatoms. The molecule has 1 aromatic rings. The molecule has 1 rings (SSSR count). The van der Waals surface area contributed by atoms with E-state index >= 15 is 0 Å². The second kappa shape index (κ2) is 5.34. The monoisotopic (exact) mass is 237 g/mol. The number of likely N-dealkylation sites (N-methyl/N-ethyl adjacent to an activating group) is 1. The Bertz CT molecular complexity index is 409. The zero-order valence-electron chi connectivity index (χ0n) is 11.7. The van der Waals surface area contributed by atoms with Gasteiger partial charge < -0.3 is 4.90 Å². The maximum Gasteiger partial charge on any atom is 0.227 e. The summed E-state index contributed by atoms with van der Waals surface area (Å²) < 4.78 is 1.83. The Morgan fingerprint density at radius 1 is 1.47 bits per heavy atom. The zero-order chi connectivity index (χ0) is 13.2. The Balaban J connectivity index is 2.81. The fourth-order valence-corrected chi connectivity index (χ4v) is 1.87. The van der Waals surface area contributed by atoms with E-state index in [1.165, 1.54) is 0 Å². The third-order valence-corrected chi connectivity index (χ3v) is 3.63. The van der Waals surface area contributed by atoms with Gasteiger partial charge in [0.1, 0.15) is 0 Å². The molecule has 0 fully saturated rings. The number of rotatable bonds is 4. The molecule has 1 unspecified atom stereocenters. The van der Waals surface area contributed by atoms with E-state index in [9.17, 15) is 4.79 Å². The van der Waals surface area contributed by atoms with Crippen molar-refractivity contribution in [2.24, 2.45) is 7.05 Å². The lowest BCUT2D eigenvalue weighted by molar-refractivity contribution is -0.131. The highest BCUT2D eigenvalue weighted by molar-refractivity contribution is 5.79. The Morgan fingerprint density at radius 3 is 2.47 bits per heavy atom. The van der Waals surface area contributed by atoms with Crippen LogP contribution >= 0.6 is 0 Å². The van der Waals surface area contributed by atoms with Gasteiger partial charge in [-0.3, -0.25) is 9.48 Å². The summed E-state index contributed by atoms with van der Waals surface area (Å²) in [4.78, 5) is 13.9. The molecule has 0 aliphatic rings. The molecule has 4 nitrogen and oxygen atoms in total. The first-order valence-corrected chi connectivity index (χ1v) is 6.13. The van der Waals surface area contributed by atoms with Crippen molar-refractivity contribution in [3.05, 3.63) is 17.0 Å². The molecule has 0 saturated carbocycles. The predicted molar refractivity (Wildman–Crippen MR) is 68.9 cm³/mol. The third-order valence-electron chi connectivity index (χ3n) is 3.63. The van der Waals surface area contributed by atoms with Crippen LogP contribution in [0.25, 0.3) is 0 Å². The highest BCUT2D eigenvalue weighted by Crippen LogP contribution is 2.14. The average Bonchev–Trinajstić information content (AvgIpc) is 2.53.